The van der Waals surface area contributed by atoms with Crippen molar-refractivity contribution < 1.29 is 16.8 Å². The normalized spacial score (nSPS) is 15.8. The second kappa shape index (κ2) is 6.53. The second-order valence-corrected chi connectivity index (χ2v) is 9.83. The molecule has 0 saturated heterocycles. The molecule has 25 heavy (non-hydrogen) atoms. The van der Waals surface area contributed by atoms with Gasteiger partial charge < -0.3 is 0 Å². The molecule has 0 spiro atoms. The van der Waals surface area contributed by atoms with E-state index >= 15 is 0 Å². The fourth-order valence-electron chi connectivity index (χ4n) is 3.03. The van der Waals surface area contributed by atoms with E-state index in [1.54, 1.807) is 12.1 Å². The van der Waals surface area contributed by atoms with Crippen molar-refractivity contribution in [1.29, 1.82) is 0 Å². The number of hydrogen-bond acceptors (Lipinski definition) is 4. The third-order valence-corrected chi connectivity index (χ3v) is 7.02. The van der Waals surface area contributed by atoms with E-state index in [0.717, 1.165) is 16.7 Å². The van der Waals surface area contributed by atoms with Crippen LogP contribution in [0, 0.1) is 6.92 Å². The topological polar surface area (TPSA) is 97.5 Å². The number of fused-ring (bicyclic) bond motifs is 1. The van der Waals surface area contributed by atoms with Gasteiger partial charge in [-0.2, -0.15) is 4.31 Å². The molecule has 8 heteroatoms. The number of benzene rings is 2. The van der Waals surface area contributed by atoms with Gasteiger partial charge in [0.15, 0.2) is 0 Å². The largest absolute Gasteiger partial charge is 0.238 e. The molecule has 3 rings (SSSR count). The molecule has 0 amide bonds. The molecule has 6 nitrogen and oxygen atoms in total. The second-order valence-electron chi connectivity index (χ2n) is 6.30. The Morgan fingerprint density at radius 3 is 2.48 bits per heavy atom. The summed E-state index contributed by atoms with van der Waals surface area (Å²) in [6.45, 7) is 2.46. The van der Waals surface area contributed by atoms with Crippen LogP contribution in [-0.2, 0) is 38.8 Å². The molecule has 0 atom stereocenters. The van der Waals surface area contributed by atoms with E-state index in [9.17, 15) is 16.8 Å². The van der Waals surface area contributed by atoms with Crippen molar-refractivity contribution >= 4 is 20.0 Å². The summed E-state index contributed by atoms with van der Waals surface area (Å²) in [5.41, 5.74) is 3.39. The van der Waals surface area contributed by atoms with Crippen molar-refractivity contribution in [3.8, 4) is 0 Å². The summed E-state index contributed by atoms with van der Waals surface area (Å²) in [6, 6.07) is 12.0. The number of hydrogen-bond donors (Lipinski definition) is 1. The Labute approximate surface area is 148 Å². The summed E-state index contributed by atoms with van der Waals surface area (Å²) in [4.78, 5) is 0.00387. The summed E-state index contributed by atoms with van der Waals surface area (Å²) in [6.07, 6.45) is 0.549. The van der Waals surface area contributed by atoms with Crippen LogP contribution in [0.1, 0.15) is 22.3 Å². The zero-order chi connectivity index (χ0) is 18.2. The number of aryl methyl sites for hydroxylation is 1. The minimum Gasteiger partial charge on any atom is -0.225 e. The van der Waals surface area contributed by atoms with Gasteiger partial charge in [-0.15, -0.1) is 0 Å². The van der Waals surface area contributed by atoms with E-state index in [1.807, 2.05) is 25.1 Å². The predicted octanol–water partition coefficient (Wildman–Crippen LogP) is 1.53. The van der Waals surface area contributed by atoms with Gasteiger partial charge in [0.1, 0.15) is 0 Å². The maximum atomic E-state index is 12.7. The predicted molar refractivity (Wildman–Crippen MR) is 95.7 cm³/mol. The third-order valence-electron chi connectivity index (χ3n) is 4.31. The van der Waals surface area contributed by atoms with Crippen molar-refractivity contribution in [3.05, 3.63) is 64.7 Å². The van der Waals surface area contributed by atoms with Crippen LogP contribution < -0.4 is 5.14 Å². The first-order valence-corrected chi connectivity index (χ1v) is 11.0. The zero-order valence-electron chi connectivity index (χ0n) is 13.8. The van der Waals surface area contributed by atoms with Gasteiger partial charge in [-0.1, -0.05) is 35.9 Å². The third kappa shape index (κ3) is 4.09. The number of rotatable bonds is 4. The molecule has 0 aromatic heterocycles. The van der Waals surface area contributed by atoms with Crippen LogP contribution in [0.3, 0.4) is 0 Å². The summed E-state index contributed by atoms with van der Waals surface area (Å²) in [7, 11) is -7.30. The van der Waals surface area contributed by atoms with E-state index in [0.29, 0.717) is 18.5 Å². The lowest BCUT2D eigenvalue weighted by Crippen LogP contribution is -2.36. The molecule has 0 fully saturated rings. The Morgan fingerprint density at radius 1 is 1.04 bits per heavy atom. The maximum Gasteiger partial charge on any atom is 0.238 e. The zero-order valence-corrected chi connectivity index (χ0v) is 15.5. The van der Waals surface area contributed by atoms with Gasteiger partial charge in [-0.05, 0) is 42.2 Å². The molecule has 134 valence electrons. The fourth-order valence-corrected chi connectivity index (χ4v) is 5.08. The Balaban J connectivity index is 1.86. The van der Waals surface area contributed by atoms with Crippen LogP contribution in [0.15, 0.2) is 47.4 Å². The summed E-state index contributed by atoms with van der Waals surface area (Å²) in [5, 5.41) is 5.17. The average Bonchev–Trinajstić information content (AvgIpc) is 2.52. The Kier molecular flexibility index (Phi) is 4.72. The molecular weight excluding hydrogens is 360 g/mol. The quantitative estimate of drug-likeness (QED) is 0.870. The summed E-state index contributed by atoms with van der Waals surface area (Å²) < 4.78 is 49.9. The SMILES string of the molecule is Cc1cccc(CS(=O)(=O)N2CCc3ccc(S(N)(=O)=O)cc3C2)c1. The van der Waals surface area contributed by atoms with Crippen LogP contribution >= 0.6 is 0 Å². The molecule has 2 aromatic rings. The van der Waals surface area contributed by atoms with Crippen LogP contribution in [-0.4, -0.2) is 27.7 Å². The molecule has 1 aliphatic rings. The van der Waals surface area contributed by atoms with Crippen molar-refractivity contribution in [2.75, 3.05) is 6.54 Å². The standard InChI is InChI=1S/C17H20N2O4S2/c1-13-3-2-4-14(9-13)12-24(20,21)19-8-7-15-5-6-17(25(18,22)23)10-16(15)11-19/h2-6,9-10H,7-8,11-12H2,1H3,(H2,18,22,23). The van der Waals surface area contributed by atoms with Gasteiger partial charge >= 0.3 is 0 Å². The van der Waals surface area contributed by atoms with Gasteiger partial charge in [-0.3, -0.25) is 0 Å². The van der Waals surface area contributed by atoms with Gasteiger partial charge in [0.05, 0.1) is 10.6 Å². The number of primary sulfonamides is 1. The van der Waals surface area contributed by atoms with Crippen LogP contribution in [0.2, 0.25) is 0 Å². The lowest BCUT2D eigenvalue weighted by atomic mass is 10.0. The highest BCUT2D eigenvalue weighted by atomic mass is 32.2. The van der Waals surface area contributed by atoms with Crippen LogP contribution in [0.4, 0.5) is 0 Å². The monoisotopic (exact) mass is 380 g/mol. The molecule has 0 saturated carbocycles. The molecule has 0 aliphatic carbocycles. The highest BCUT2D eigenvalue weighted by Gasteiger charge is 2.27. The first kappa shape index (κ1) is 18.1. The van der Waals surface area contributed by atoms with Gasteiger partial charge in [0.25, 0.3) is 0 Å². The minimum absolute atomic E-state index is 0.00387. The first-order chi connectivity index (χ1) is 11.6. The smallest absolute Gasteiger partial charge is 0.225 e. The molecule has 2 N–H and O–H groups in total. The molecule has 2 aromatic carbocycles. The van der Waals surface area contributed by atoms with Gasteiger partial charge in [0, 0.05) is 13.1 Å². The van der Waals surface area contributed by atoms with E-state index in [-0.39, 0.29) is 17.2 Å². The maximum absolute atomic E-state index is 12.7. The van der Waals surface area contributed by atoms with E-state index < -0.39 is 20.0 Å². The lowest BCUT2D eigenvalue weighted by molar-refractivity contribution is 0.390. The molecule has 0 bridgehead atoms. The Hall–Kier alpha value is -1.74. The summed E-state index contributed by atoms with van der Waals surface area (Å²) >= 11 is 0. The van der Waals surface area contributed by atoms with E-state index in [1.165, 1.54) is 16.4 Å². The van der Waals surface area contributed by atoms with Gasteiger partial charge in [0.2, 0.25) is 20.0 Å². The molecule has 0 unspecified atom stereocenters. The summed E-state index contributed by atoms with van der Waals surface area (Å²) in [5.74, 6) is -0.0705. The Morgan fingerprint density at radius 2 is 1.80 bits per heavy atom. The highest BCUT2D eigenvalue weighted by Crippen LogP contribution is 2.25. The molecule has 1 aliphatic heterocycles. The van der Waals surface area contributed by atoms with Crippen molar-refractivity contribution in [3.63, 3.8) is 0 Å². The van der Waals surface area contributed by atoms with Gasteiger partial charge in [-0.25, -0.2) is 22.0 Å². The molecular formula is C17H20N2O4S2. The average molecular weight is 380 g/mol. The van der Waals surface area contributed by atoms with Crippen molar-refractivity contribution in [1.82, 2.24) is 4.31 Å². The molecule has 0 radical (unpaired) electrons. The van der Waals surface area contributed by atoms with Crippen LogP contribution in [0.5, 0.6) is 0 Å². The van der Waals surface area contributed by atoms with E-state index in [2.05, 4.69) is 0 Å². The number of sulfonamides is 2. The van der Waals surface area contributed by atoms with Crippen molar-refractivity contribution in [2.45, 2.75) is 30.5 Å². The van der Waals surface area contributed by atoms with Crippen molar-refractivity contribution in [2.24, 2.45) is 5.14 Å². The lowest BCUT2D eigenvalue weighted by Gasteiger charge is -2.28. The molecule has 1 heterocycles. The highest BCUT2D eigenvalue weighted by molar-refractivity contribution is 7.89. The minimum atomic E-state index is -3.81. The Bertz CT molecular complexity index is 1010. The number of nitrogens with two attached hydrogens (primary N) is 1. The number of nitrogens with zero attached hydrogens (tertiary/aromatic N) is 1. The van der Waals surface area contributed by atoms with E-state index in [4.69, 9.17) is 5.14 Å². The van der Waals surface area contributed by atoms with Crippen LogP contribution in [0.25, 0.3) is 0 Å². The first-order valence-electron chi connectivity index (χ1n) is 7.83. The fraction of sp³-hybridized carbons (Fsp3) is 0.294.